The number of piperidine rings is 1. The Morgan fingerprint density at radius 1 is 1.33 bits per heavy atom. The standard InChI is InChI=1S/C18H18FN5OS.ClH/c19-12-4-1-6-14(10-12)24-17(15-7-3-9-26-15)22-16(23-24)18(25)21-13-5-2-8-20-11-13;/h1,3-4,6-7,9-10,13,20H,2,5,8,11H2,(H,21,25);1H. The second kappa shape index (κ2) is 8.60. The van der Waals surface area contributed by atoms with E-state index in [9.17, 15) is 9.18 Å². The predicted molar refractivity (Wildman–Crippen MR) is 105 cm³/mol. The Balaban J connectivity index is 0.00000210. The molecule has 0 spiro atoms. The maximum absolute atomic E-state index is 13.7. The number of rotatable bonds is 4. The summed E-state index contributed by atoms with van der Waals surface area (Å²) in [5.41, 5.74) is 0.527. The van der Waals surface area contributed by atoms with Crippen LogP contribution in [0.25, 0.3) is 16.4 Å². The van der Waals surface area contributed by atoms with Crippen LogP contribution in [0.15, 0.2) is 41.8 Å². The predicted octanol–water partition coefficient (Wildman–Crippen LogP) is 3.04. The molecule has 1 fully saturated rings. The van der Waals surface area contributed by atoms with Gasteiger partial charge in [0.2, 0.25) is 5.82 Å². The third-order valence-corrected chi connectivity index (χ3v) is 5.10. The van der Waals surface area contributed by atoms with Gasteiger partial charge in [-0.05, 0) is 49.0 Å². The van der Waals surface area contributed by atoms with Gasteiger partial charge < -0.3 is 10.6 Å². The summed E-state index contributed by atoms with van der Waals surface area (Å²) < 4.78 is 15.2. The molecule has 0 radical (unpaired) electrons. The molecule has 142 valence electrons. The second-order valence-corrected chi connectivity index (χ2v) is 7.09. The maximum Gasteiger partial charge on any atom is 0.291 e. The second-order valence-electron chi connectivity index (χ2n) is 6.14. The summed E-state index contributed by atoms with van der Waals surface area (Å²) >= 11 is 1.49. The number of hydrogen-bond donors (Lipinski definition) is 2. The van der Waals surface area contributed by atoms with Gasteiger partial charge in [0.25, 0.3) is 5.91 Å². The molecule has 0 aliphatic carbocycles. The Morgan fingerprint density at radius 3 is 2.93 bits per heavy atom. The third-order valence-electron chi connectivity index (χ3n) is 4.24. The third kappa shape index (κ3) is 4.35. The molecule has 1 unspecified atom stereocenters. The Bertz CT molecular complexity index is 908. The first-order chi connectivity index (χ1) is 12.7. The summed E-state index contributed by atoms with van der Waals surface area (Å²) in [7, 11) is 0. The lowest BCUT2D eigenvalue weighted by Gasteiger charge is -2.23. The van der Waals surface area contributed by atoms with E-state index in [0.29, 0.717) is 11.5 Å². The van der Waals surface area contributed by atoms with Gasteiger partial charge in [0.05, 0.1) is 10.6 Å². The topological polar surface area (TPSA) is 71.8 Å². The molecule has 2 aromatic heterocycles. The molecule has 4 rings (SSSR count). The van der Waals surface area contributed by atoms with E-state index in [1.807, 2.05) is 17.5 Å². The van der Waals surface area contributed by atoms with Crippen LogP contribution < -0.4 is 10.6 Å². The van der Waals surface area contributed by atoms with Crippen LogP contribution in [0.2, 0.25) is 0 Å². The lowest BCUT2D eigenvalue weighted by atomic mass is 10.1. The first-order valence-corrected chi connectivity index (χ1v) is 9.37. The molecule has 6 nitrogen and oxygen atoms in total. The fourth-order valence-corrected chi connectivity index (χ4v) is 3.68. The van der Waals surface area contributed by atoms with Gasteiger partial charge in [-0.15, -0.1) is 28.8 Å². The monoisotopic (exact) mass is 407 g/mol. The molecule has 1 atom stereocenters. The van der Waals surface area contributed by atoms with Crippen molar-refractivity contribution in [2.24, 2.45) is 0 Å². The smallest absolute Gasteiger partial charge is 0.291 e. The summed E-state index contributed by atoms with van der Waals surface area (Å²) in [6.45, 7) is 1.72. The van der Waals surface area contributed by atoms with E-state index in [-0.39, 0.29) is 36.0 Å². The van der Waals surface area contributed by atoms with Crippen LogP contribution in [-0.4, -0.2) is 39.8 Å². The van der Waals surface area contributed by atoms with Gasteiger partial charge in [0.1, 0.15) is 5.82 Å². The highest BCUT2D eigenvalue weighted by Gasteiger charge is 2.22. The molecule has 3 heterocycles. The minimum absolute atomic E-state index is 0. The van der Waals surface area contributed by atoms with Gasteiger partial charge in [-0.3, -0.25) is 4.79 Å². The lowest BCUT2D eigenvalue weighted by molar-refractivity contribution is 0.0920. The number of carbonyl (C=O) groups excluding carboxylic acids is 1. The first kappa shape index (κ1) is 19.5. The van der Waals surface area contributed by atoms with Crippen molar-refractivity contribution >= 4 is 29.7 Å². The van der Waals surface area contributed by atoms with Crippen LogP contribution in [0.1, 0.15) is 23.5 Å². The average molecular weight is 408 g/mol. The Morgan fingerprint density at radius 2 is 2.22 bits per heavy atom. The summed E-state index contributed by atoms with van der Waals surface area (Å²) in [5, 5.41) is 12.5. The number of thiophene rings is 1. The van der Waals surface area contributed by atoms with Crippen LogP contribution in [0, 0.1) is 5.82 Å². The quantitative estimate of drug-likeness (QED) is 0.697. The van der Waals surface area contributed by atoms with E-state index >= 15 is 0 Å². The molecule has 1 amide bonds. The molecular weight excluding hydrogens is 389 g/mol. The largest absolute Gasteiger partial charge is 0.345 e. The Labute approximate surface area is 166 Å². The van der Waals surface area contributed by atoms with E-state index in [4.69, 9.17) is 0 Å². The summed E-state index contributed by atoms with van der Waals surface area (Å²) in [6.07, 6.45) is 1.96. The molecular formula is C18H19ClFN5OS. The van der Waals surface area contributed by atoms with Crippen LogP contribution in [-0.2, 0) is 0 Å². The van der Waals surface area contributed by atoms with Gasteiger partial charge in [-0.2, -0.15) is 0 Å². The number of halogens is 2. The van der Waals surface area contributed by atoms with Crippen molar-refractivity contribution in [1.82, 2.24) is 25.4 Å². The lowest BCUT2D eigenvalue weighted by Crippen LogP contribution is -2.45. The molecule has 9 heteroatoms. The van der Waals surface area contributed by atoms with Crippen molar-refractivity contribution in [1.29, 1.82) is 0 Å². The van der Waals surface area contributed by atoms with Crippen molar-refractivity contribution < 1.29 is 9.18 Å². The van der Waals surface area contributed by atoms with Crippen molar-refractivity contribution in [2.75, 3.05) is 13.1 Å². The number of aromatic nitrogens is 3. The number of carbonyl (C=O) groups is 1. The molecule has 1 aromatic carbocycles. The van der Waals surface area contributed by atoms with E-state index in [0.717, 1.165) is 30.8 Å². The Kier molecular flexibility index (Phi) is 6.20. The van der Waals surface area contributed by atoms with Gasteiger partial charge in [0, 0.05) is 12.6 Å². The van der Waals surface area contributed by atoms with E-state index in [2.05, 4.69) is 20.7 Å². The van der Waals surface area contributed by atoms with Crippen molar-refractivity contribution in [3.05, 3.63) is 53.4 Å². The molecule has 27 heavy (non-hydrogen) atoms. The van der Waals surface area contributed by atoms with Crippen LogP contribution in [0.5, 0.6) is 0 Å². The zero-order valence-electron chi connectivity index (χ0n) is 14.4. The zero-order chi connectivity index (χ0) is 17.9. The summed E-state index contributed by atoms with van der Waals surface area (Å²) in [4.78, 5) is 17.9. The van der Waals surface area contributed by atoms with Crippen LogP contribution in [0.4, 0.5) is 4.39 Å². The minimum atomic E-state index is -0.366. The number of benzene rings is 1. The van der Waals surface area contributed by atoms with Crippen molar-refractivity contribution in [3.63, 3.8) is 0 Å². The maximum atomic E-state index is 13.7. The first-order valence-electron chi connectivity index (χ1n) is 8.49. The molecule has 0 bridgehead atoms. The molecule has 1 aliphatic heterocycles. The normalized spacial score (nSPS) is 16.6. The Hall–Kier alpha value is -2.29. The number of nitrogens with one attached hydrogen (secondary N) is 2. The average Bonchev–Trinajstić information content (AvgIpc) is 3.32. The SMILES string of the molecule is Cl.O=C(NC1CCCNC1)c1nc(-c2cccs2)n(-c2cccc(F)c2)n1. The fourth-order valence-electron chi connectivity index (χ4n) is 2.99. The van der Waals surface area contributed by atoms with Gasteiger partial charge in [-0.25, -0.2) is 14.1 Å². The molecule has 2 N–H and O–H groups in total. The molecule has 1 saturated heterocycles. The zero-order valence-corrected chi connectivity index (χ0v) is 16.0. The highest BCUT2D eigenvalue weighted by Crippen LogP contribution is 2.25. The summed E-state index contributed by atoms with van der Waals surface area (Å²) in [5.74, 6) is -0.0678. The van der Waals surface area contributed by atoms with E-state index in [1.165, 1.54) is 28.2 Å². The molecule has 1 aliphatic rings. The highest BCUT2D eigenvalue weighted by molar-refractivity contribution is 7.13. The van der Waals surface area contributed by atoms with Crippen LogP contribution >= 0.6 is 23.7 Å². The molecule has 0 saturated carbocycles. The number of hydrogen-bond acceptors (Lipinski definition) is 5. The van der Waals surface area contributed by atoms with Gasteiger partial charge in [-0.1, -0.05) is 12.1 Å². The van der Waals surface area contributed by atoms with Crippen molar-refractivity contribution in [2.45, 2.75) is 18.9 Å². The van der Waals surface area contributed by atoms with Gasteiger partial charge in [0.15, 0.2) is 5.82 Å². The fraction of sp³-hybridized carbons (Fsp3) is 0.278. The minimum Gasteiger partial charge on any atom is -0.345 e. The molecule has 3 aromatic rings. The van der Waals surface area contributed by atoms with Crippen LogP contribution in [0.3, 0.4) is 0 Å². The number of amides is 1. The van der Waals surface area contributed by atoms with E-state index < -0.39 is 0 Å². The highest BCUT2D eigenvalue weighted by atomic mass is 35.5. The summed E-state index contributed by atoms with van der Waals surface area (Å²) in [6, 6.07) is 9.96. The van der Waals surface area contributed by atoms with Crippen molar-refractivity contribution in [3.8, 4) is 16.4 Å². The van der Waals surface area contributed by atoms with E-state index in [1.54, 1.807) is 12.1 Å². The van der Waals surface area contributed by atoms with Gasteiger partial charge >= 0.3 is 0 Å². The number of nitrogens with zero attached hydrogens (tertiary/aromatic N) is 3.